The van der Waals surface area contributed by atoms with Crippen LogP contribution in [0.1, 0.15) is 0 Å². The number of carbonyl (C=O) groups is 2. The predicted octanol–water partition coefficient (Wildman–Crippen LogP) is 1.75. The van der Waals surface area contributed by atoms with E-state index in [1.54, 1.807) is 18.3 Å². The Kier molecular flexibility index (Phi) is 5.24. The molecule has 0 fully saturated rings. The topological polar surface area (TPSA) is 90.0 Å². The van der Waals surface area contributed by atoms with Crippen molar-refractivity contribution in [1.82, 2.24) is 9.78 Å². The lowest BCUT2D eigenvalue weighted by molar-refractivity contribution is -0.118. The summed E-state index contributed by atoms with van der Waals surface area (Å²) in [6, 6.07) is 7.25. The highest BCUT2D eigenvalue weighted by Gasteiger charge is 2.06. The van der Waals surface area contributed by atoms with Crippen LogP contribution in [0.4, 0.5) is 5.69 Å². The van der Waals surface area contributed by atoms with Crippen LogP contribution >= 0.6 is 23.4 Å². The highest BCUT2D eigenvalue weighted by atomic mass is 35.5. The zero-order chi connectivity index (χ0) is 15.2. The Hall–Kier alpha value is -1.99. The van der Waals surface area contributed by atoms with Gasteiger partial charge < -0.3 is 11.1 Å². The summed E-state index contributed by atoms with van der Waals surface area (Å²) in [6.45, 7) is -0.0185. The van der Waals surface area contributed by atoms with Crippen LogP contribution in [0.5, 0.6) is 0 Å². The molecule has 0 aliphatic rings. The normalized spacial score (nSPS) is 10.3. The third-order valence-corrected chi connectivity index (χ3v) is 3.68. The number of anilines is 1. The number of hydrogen-bond donors (Lipinski definition) is 2. The summed E-state index contributed by atoms with van der Waals surface area (Å²) in [7, 11) is 0. The maximum atomic E-state index is 11.8. The first kappa shape index (κ1) is 15.4. The van der Waals surface area contributed by atoms with E-state index in [1.165, 1.54) is 22.6 Å². The minimum Gasteiger partial charge on any atom is -0.368 e. The molecule has 1 aromatic heterocycles. The van der Waals surface area contributed by atoms with Crippen LogP contribution in [0.3, 0.4) is 0 Å². The molecule has 6 nitrogen and oxygen atoms in total. The van der Waals surface area contributed by atoms with E-state index < -0.39 is 5.91 Å². The Morgan fingerprint density at radius 2 is 2.05 bits per heavy atom. The molecule has 0 bridgehead atoms. The third-order valence-electron chi connectivity index (χ3n) is 2.42. The van der Waals surface area contributed by atoms with E-state index in [0.29, 0.717) is 10.7 Å². The van der Waals surface area contributed by atoms with Gasteiger partial charge in [0, 0.05) is 16.1 Å². The molecule has 1 heterocycles. The highest BCUT2D eigenvalue weighted by Crippen LogP contribution is 2.20. The molecule has 2 rings (SSSR count). The van der Waals surface area contributed by atoms with Crippen molar-refractivity contribution < 1.29 is 9.59 Å². The number of benzene rings is 1. The van der Waals surface area contributed by atoms with Gasteiger partial charge >= 0.3 is 0 Å². The van der Waals surface area contributed by atoms with Crippen molar-refractivity contribution in [2.45, 2.75) is 11.4 Å². The first-order valence-electron chi connectivity index (χ1n) is 6.02. The van der Waals surface area contributed by atoms with Crippen molar-refractivity contribution in [1.29, 1.82) is 0 Å². The van der Waals surface area contributed by atoms with Crippen LogP contribution < -0.4 is 11.1 Å². The molecule has 2 aromatic rings. The van der Waals surface area contributed by atoms with E-state index in [9.17, 15) is 9.59 Å². The fraction of sp³-hybridized carbons (Fsp3) is 0.154. The first-order valence-corrected chi connectivity index (χ1v) is 7.38. The monoisotopic (exact) mass is 324 g/mol. The molecule has 0 aliphatic heterocycles. The number of nitrogens with two attached hydrogens (primary N) is 1. The van der Waals surface area contributed by atoms with Gasteiger partial charge in [0.25, 0.3) is 0 Å². The van der Waals surface area contributed by atoms with Crippen molar-refractivity contribution in [3.8, 4) is 0 Å². The van der Waals surface area contributed by atoms with Crippen molar-refractivity contribution in [2.24, 2.45) is 5.73 Å². The molecule has 21 heavy (non-hydrogen) atoms. The Balaban J connectivity index is 1.82. The summed E-state index contributed by atoms with van der Waals surface area (Å²) in [5.74, 6) is -0.384. The summed E-state index contributed by atoms with van der Waals surface area (Å²) in [5.41, 5.74) is 5.58. The molecule has 0 saturated carbocycles. The number of halogens is 1. The van der Waals surface area contributed by atoms with Crippen molar-refractivity contribution >= 4 is 40.9 Å². The molecule has 110 valence electrons. The van der Waals surface area contributed by atoms with E-state index in [1.807, 2.05) is 12.1 Å². The quantitative estimate of drug-likeness (QED) is 0.792. The maximum Gasteiger partial charge on any atom is 0.239 e. The SMILES string of the molecule is NC(=O)Cn1cc(NC(=O)CSc2ccc(Cl)cc2)cn1. The van der Waals surface area contributed by atoms with Gasteiger partial charge in [0.15, 0.2) is 0 Å². The van der Waals surface area contributed by atoms with E-state index in [2.05, 4.69) is 10.4 Å². The number of nitrogens with zero attached hydrogens (tertiary/aromatic N) is 2. The first-order chi connectivity index (χ1) is 10.0. The largest absolute Gasteiger partial charge is 0.368 e. The maximum absolute atomic E-state index is 11.8. The Bertz CT molecular complexity index is 642. The van der Waals surface area contributed by atoms with Crippen LogP contribution in [0, 0.1) is 0 Å². The predicted molar refractivity (Wildman–Crippen MR) is 82.2 cm³/mol. The number of rotatable bonds is 6. The second kappa shape index (κ2) is 7.14. The fourth-order valence-corrected chi connectivity index (χ4v) is 2.38. The van der Waals surface area contributed by atoms with Gasteiger partial charge in [-0.3, -0.25) is 14.3 Å². The second-order valence-corrected chi connectivity index (χ2v) is 5.67. The minimum atomic E-state index is -0.491. The van der Waals surface area contributed by atoms with Crippen LogP contribution in [-0.4, -0.2) is 27.3 Å². The summed E-state index contributed by atoms with van der Waals surface area (Å²) in [5, 5.41) is 7.27. The lowest BCUT2D eigenvalue weighted by atomic mass is 10.4. The third kappa shape index (κ3) is 5.13. The van der Waals surface area contributed by atoms with Crippen LogP contribution in [0.2, 0.25) is 5.02 Å². The summed E-state index contributed by atoms with van der Waals surface area (Å²) in [4.78, 5) is 23.5. The number of hydrogen-bond acceptors (Lipinski definition) is 4. The number of nitrogens with one attached hydrogen (secondary N) is 1. The zero-order valence-corrected chi connectivity index (χ0v) is 12.5. The van der Waals surface area contributed by atoms with Crippen LogP contribution in [0.25, 0.3) is 0 Å². The standard InChI is InChI=1S/C13H13ClN4O2S/c14-9-1-3-11(4-2-9)21-8-13(20)17-10-5-16-18(6-10)7-12(15)19/h1-6H,7-8H2,(H2,15,19)(H,17,20). The molecule has 0 radical (unpaired) electrons. The fourth-order valence-electron chi connectivity index (χ4n) is 1.55. The van der Waals surface area contributed by atoms with E-state index in [-0.39, 0.29) is 18.2 Å². The molecule has 8 heteroatoms. The average Bonchev–Trinajstić information content (AvgIpc) is 2.84. The highest BCUT2D eigenvalue weighted by molar-refractivity contribution is 8.00. The van der Waals surface area contributed by atoms with Crippen LogP contribution in [-0.2, 0) is 16.1 Å². The van der Waals surface area contributed by atoms with Gasteiger partial charge in [-0.1, -0.05) is 11.6 Å². The van der Waals surface area contributed by atoms with Gasteiger partial charge in [0.1, 0.15) is 6.54 Å². The lowest BCUT2D eigenvalue weighted by Crippen LogP contribution is -2.18. The van der Waals surface area contributed by atoms with Gasteiger partial charge in [-0.05, 0) is 24.3 Å². The summed E-state index contributed by atoms with van der Waals surface area (Å²) < 4.78 is 1.37. The average molecular weight is 325 g/mol. The van der Waals surface area contributed by atoms with E-state index >= 15 is 0 Å². The summed E-state index contributed by atoms with van der Waals surface area (Å²) in [6.07, 6.45) is 3.02. The van der Waals surface area contributed by atoms with E-state index in [0.717, 1.165) is 4.90 Å². The molecular weight excluding hydrogens is 312 g/mol. The molecule has 0 unspecified atom stereocenters. The minimum absolute atomic E-state index is 0.0185. The number of carbonyl (C=O) groups excluding carboxylic acids is 2. The molecule has 0 spiro atoms. The number of primary amides is 1. The molecule has 2 amide bonds. The number of aromatic nitrogens is 2. The van der Waals surface area contributed by atoms with Gasteiger partial charge in [-0.2, -0.15) is 5.10 Å². The Morgan fingerprint density at radius 3 is 2.71 bits per heavy atom. The molecular formula is C13H13ClN4O2S. The van der Waals surface area contributed by atoms with Gasteiger partial charge in [0.2, 0.25) is 11.8 Å². The van der Waals surface area contributed by atoms with Crippen molar-refractivity contribution in [3.05, 3.63) is 41.7 Å². The molecule has 0 saturated heterocycles. The van der Waals surface area contributed by atoms with E-state index in [4.69, 9.17) is 17.3 Å². The van der Waals surface area contributed by atoms with Gasteiger partial charge in [-0.25, -0.2) is 0 Å². The number of thioether (sulfide) groups is 1. The Labute approximate surface area is 130 Å². The van der Waals surface area contributed by atoms with Crippen molar-refractivity contribution in [3.63, 3.8) is 0 Å². The summed E-state index contributed by atoms with van der Waals surface area (Å²) >= 11 is 7.19. The molecule has 3 N–H and O–H groups in total. The smallest absolute Gasteiger partial charge is 0.239 e. The van der Waals surface area contributed by atoms with Gasteiger partial charge in [0.05, 0.1) is 17.6 Å². The van der Waals surface area contributed by atoms with Gasteiger partial charge in [-0.15, -0.1) is 11.8 Å². The zero-order valence-electron chi connectivity index (χ0n) is 11.0. The van der Waals surface area contributed by atoms with Crippen LogP contribution in [0.15, 0.2) is 41.6 Å². The second-order valence-electron chi connectivity index (χ2n) is 4.18. The molecule has 0 atom stereocenters. The molecule has 1 aromatic carbocycles. The van der Waals surface area contributed by atoms with Crippen molar-refractivity contribution in [2.75, 3.05) is 11.1 Å². The Morgan fingerprint density at radius 1 is 1.33 bits per heavy atom. The molecule has 0 aliphatic carbocycles. The number of amides is 2. The lowest BCUT2D eigenvalue weighted by Gasteiger charge is -2.03.